The Morgan fingerprint density at radius 1 is 1.18 bits per heavy atom. The molecule has 9 nitrogen and oxygen atoms in total. The van der Waals surface area contributed by atoms with Crippen molar-refractivity contribution in [2.45, 2.75) is 18.9 Å². The van der Waals surface area contributed by atoms with E-state index in [2.05, 4.69) is 15.3 Å². The lowest BCUT2D eigenvalue weighted by Gasteiger charge is -2.34. The van der Waals surface area contributed by atoms with Gasteiger partial charge < -0.3 is 24.3 Å². The van der Waals surface area contributed by atoms with Gasteiger partial charge in [0.05, 0.1) is 17.9 Å². The average molecular weight is 385 g/mol. The highest BCUT2D eigenvalue weighted by Crippen LogP contribution is 2.14. The summed E-state index contributed by atoms with van der Waals surface area (Å²) in [5.41, 5.74) is 0.424. The summed E-state index contributed by atoms with van der Waals surface area (Å²) in [6.45, 7) is 3.64. The number of rotatable bonds is 5. The van der Waals surface area contributed by atoms with Crippen molar-refractivity contribution in [1.82, 2.24) is 20.2 Å². The minimum atomic E-state index is -0.198. The van der Waals surface area contributed by atoms with Gasteiger partial charge in [-0.25, -0.2) is 9.97 Å². The number of carbonyl (C=O) groups is 2. The minimum absolute atomic E-state index is 0.101. The third-order valence-electron chi connectivity index (χ3n) is 5.00. The normalized spacial score (nSPS) is 19.6. The van der Waals surface area contributed by atoms with Crippen molar-refractivity contribution in [3.63, 3.8) is 0 Å². The van der Waals surface area contributed by atoms with E-state index in [0.29, 0.717) is 50.0 Å². The number of anilines is 1. The monoisotopic (exact) mass is 385 g/mol. The zero-order valence-corrected chi connectivity index (χ0v) is 15.5. The number of nitrogens with zero attached hydrogens (tertiary/aromatic N) is 4. The largest absolute Gasteiger partial charge is 0.459 e. The molecule has 0 spiro atoms. The summed E-state index contributed by atoms with van der Waals surface area (Å²) in [6.07, 6.45) is 6.68. The Labute approximate surface area is 162 Å². The third kappa shape index (κ3) is 4.14. The van der Waals surface area contributed by atoms with Crippen molar-refractivity contribution >= 4 is 17.8 Å². The third-order valence-corrected chi connectivity index (χ3v) is 5.00. The number of hydrogen-bond donors (Lipinski definition) is 1. The molecule has 2 amide bonds. The molecule has 0 aliphatic carbocycles. The highest BCUT2D eigenvalue weighted by atomic mass is 16.5. The Balaban J connectivity index is 1.28. The van der Waals surface area contributed by atoms with Gasteiger partial charge >= 0.3 is 0 Å². The first kappa shape index (κ1) is 18.4. The second kappa shape index (κ2) is 8.39. The number of piperazine rings is 1. The molecule has 0 radical (unpaired) electrons. The number of aromatic nitrogens is 2. The van der Waals surface area contributed by atoms with E-state index in [-0.39, 0.29) is 17.9 Å². The number of amides is 2. The van der Waals surface area contributed by atoms with Crippen LogP contribution < -0.4 is 10.2 Å². The lowest BCUT2D eigenvalue weighted by atomic mass is 10.2. The van der Waals surface area contributed by atoms with E-state index in [1.165, 1.54) is 18.7 Å². The Bertz CT molecular complexity index is 794. The van der Waals surface area contributed by atoms with Crippen LogP contribution in [0.5, 0.6) is 0 Å². The van der Waals surface area contributed by atoms with Crippen LogP contribution in [0, 0.1) is 0 Å². The van der Waals surface area contributed by atoms with Crippen LogP contribution >= 0.6 is 0 Å². The fourth-order valence-corrected chi connectivity index (χ4v) is 3.38. The summed E-state index contributed by atoms with van der Waals surface area (Å²) in [7, 11) is 0. The number of hydrogen-bond acceptors (Lipinski definition) is 7. The highest BCUT2D eigenvalue weighted by molar-refractivity contribution is 5.93. The summed E-state index contributed by atoms with van der Waals surface area (Å²) >= 11 is 0. The number of ether oxygens (including phenoxy) is 1. The summed E-state index contributed by atoms with van der Waals surface area (Å²) in [5.74, 6) is 0.601. The Kier molecular flexibility index (Phi) is 5.52. The van der Waals surface area contributed by atoms with Crippen LogP contribution in [0.1, 0.15) is 33.8 Å². The van der Waals surface area contributed by atoms with E-state index in [1.807, 2.05) is 4.90 Å². The molecule has 2 aromatic heterocycles. The van der Waals surface area contributed by atoms with Crippen molar-refractivity contribution in [2.75, 3.05) is 44.2 Å². The van der Waals surface area contributed by atoms with Crippen molar-refractivity contribution in [3.05, 3.63) is 42.1 Å². The van der Waals surface area contributed by atoms with Crippen LogP contribution in [0.4, 0.5) is 5.95 Å². The predicted octanol–water partition coefficient (Wildman–Crippen LogP) is 0.941. The maximum atomic E-state index is 12.3. The molecule has 1 unspecified atom stereocenters. The molecule has 2 aromatic rings. The smallest absolute Gasteiger partial charge is 0.289 e. The molecule has 148 valence electrons. The molecule has 4 heterocycles. The van der Waals surface area contributed by atoms with Crippen LogP contribution in [0.2, 0.25) is 0 Å². The Morgan fingerprint density at radius 2 is 1.96 bits per heavy atom. The zero-order valence-electron chi connectivity index (χ0n) is 15.5. The van der Waals surface area contributed by atoms with Gasteiger partial charge in [0.2, 0.25) is 5.95 Å². The lowest BCUT2D eigenvalue weighted by molar-refractivity contribution is 0.0714. The van der Waals surface area contributed by atoms with Crippen LogP contribution in [0.3, 0.4) is 0 Å². The first-order valence-corrected chi connectivity index (χ1v) is 9.50. The molecule has 4 rings (SSSR count). The predicted molar refractivity (Wildman–Crippen MR) is 100 cm³/mol. The van der Waals surface area contributed by atoms with Crippen molar-refractivity contribution in [2.24, 2.45) is 0 Å². The molecular formula is C19H23N5O4. The summed E-state index contributed by atoms with van der Waals surface area (Å²) in [6, 6.07) is 3.37. The first-order valence-electron chi connectivity index (χ1n) is 9.50. The fourth-order valence-electron chi connectivity index (χ4n) is 3.38. The molecule has 1 atom stereocenters. The summed E-state index contributed by atoms with van der Waals surface area (Å²) in [4.78, 5) is 36.9. The minimum Gasteiger partial charge on any atom is -0.459 e. The van der Waals surface area contributed by atoms with Gasteiger partial charge in [-0.15, -0.1) is 0 Å². The topological polar surface area (TPSA) is 101 Å². The molecule has 2 aliphatic heterocycles. The van der Waals surface area contributed by atoms with Gasteiger partial charge in [-0.2, -0.15) is 0 Å². The molecule has 2 saturated heterocycles. The van der Waals surface area contributed by atoms with E-state index in [9.17, 15) is 9.59 Å². The number of nitrogens with one attached hydrogen (secondary N) is 1. The molecule has 0 aromatic carbocycles. The van der Waals surface area contributed by atoms with Crippen molar-refractivity contribution < 1.29 is 18.7 Å². The van der Waals surface area contributed by atoms with Crippen LogP contribution in [-0.2, 0) is 4.74 Å². The van der Waals surface area contributed by atoms with E-state index in [4.69, 9.17) is 9.15 Å². The quantitative estimate of drug-likeness (QED) is 0.817. The lowest BCUT2D eigenvalue weighted by Crippen LogP contribution is -2.49. The van der Waals surface area contributed by atoms with Crippen LogP contribution in [0.25, 0.3) is 0 Å². The van der Waals surface area contributed by atoms with E-state index in [1.54, 1.807) is 17.0 Å². The van der Waals surface area contributed by atoms with E-state index >= 15 is 0 Å². The zero-order chi connectivity index (χ0) is 19.3. The standard InChI is InChI=1S/C19H23N5O4/c25-17(20-13-15-3-1-9-27-15)14-11-21-19(22-12-14)24-7-5-23(6-8-24)18(26)16-4-2-10-28-16/h2,4,10-12,15H,1,3,5-9,13H2,(H,20,25). The van der Waals surface area contributed by atoms with Crippen molar-refractivity contribution in [3.8, 4) is 0 Å². The van der Waals surface area contributed by atoms with Gasteiger partial charge in [-0.05, 0) is 25.0 Å². The maximum absolute atomic E-state index is 12.3. The maximum Gasteiger partial charge on any atom is 0.289 e. The molecule has 2 fully saturated rings. The van der Waals surface area contributed by atoms with Gasteiger partial charge in [0.15, 0.2) is 5.76 Å². The van der Waals surface area contributed by atoms with E-state index in [0.717, 1.165) is 19.4 Å². The van der Waals surface area contributed by atoms with Gasteiger partial charge in [0.1, 0.15) is 0 Å². The highest BCUT2D eigenvalue weighted by Gasteiger charge is 2.25. The molecule has 9 heteroatoms. The second-order valence-electron chi connectivity index (χ2n) is 6.87. The fraction of sp³-hybridized carbons (Fsp3) is 0.474. The average Bonchev–Trinajstić information content (AvgIpc) is 3.46. The first-order chi connectivity index (χ1) is 13.7. The van der Waals surface area contributed by atoms with Crippen LogP contribution in [0.15, 0.2) is 35.2 Å². The van der Waals surface area contributed by atoms with Crippen LogP contribution in [-0.4, -0.2) is 72.1 Å². The molecule has 0 bridgehead atoms. The summed E-state index contributed by atoms with van der Waals surface area (Å²) in [5, 5.41) is 2.86. The SMILES string of the molecule is O=C(NCC1CCCO1)c1cnc(N2CCN(C(=O)c3ccco3)CC2)nc1. The van der Waals surface area contributed by atoms with E-state index < -0.39 is 0 Å². The Morgan fingerprint density at radius 3 is 2.61 bits per heavy atom. The second-order valence-corrected chi connectivity index (χ2v) is 6.87. The molecule has 2 aliphatic rings. The number of furan rings is 1. The summed E-state index contributed by atoms with van der Waals surface area (Å²) < 4.78 is 10.7. The molecule has 0 saturated carbocycles. The van der Waals surface area contributed by atoms with Gasteiger partial charge in [0, 0.05) is 51.7 Å². The van der Waals surface area contributed by atoms with Crippen molar-refractivity contribution in [1.29, 1.82) is 0 Å². The molecule has 28 heavy (non-hydrogen) atoms. The molecular weight excluding hydrogens is 362 g/mol. The van der Waals surface area contributed by atoms with Gasteiger partial charge in [-0.1, -0.05) is 0 Å². The van der Waals surface area contributed by atoms with Gasteiger partial charge in [0.25, 0.3) is 11.8 Å². The molecule has 1 N–H and O–H groups in total. The van der Waals surface area contributed by atoms with Gasteiger partial charge in [-0.3, -0.25) is 9.59 Å². The Hall–Kier alpha value is -2.94. The number of carbonyl (C=O) groups excluding carboxylic acids is 2.